The summed E-state index contributed by atoms with van der Waals surface area (Å²) in [6, 6.07) is 6.61. The van der Waals surface area contributed by atoms with Gasteiger partial charge in [0.2, 0.25) is 10.0 Å². The number of primary sulfonamides is 1. The molecule has 1 aromatic rings. The SMILES string of the molecule is CCOC(=O)[C@@H]1C(c2ccc(S(N)(=O)=O)cc2)C12CCCC2. The number of ether oxygens (including phenoxy) is 1. The minimum absolute atomic E-state index is 0.0232. The molecule has 2 atom stereocenters. The van der Waals surface area contributed by atoms with Gasteiger partial charge in [0.25, 0.3) is 0 Å². The Balaban J connectivity index is 1.88. The van der Waals surface area contributed by atoms with Crippen molar-refractivity contribution >= 4 is 16.0 Å². The third kappa shape index (κ3) is 2.44. The van der Waals surface area contributed by atoms with E-state index >= 15 is 0 Å². The second kappa shape index (κ2) is 5.35. The average Bonchev–Trinajstić information content (AvgIpc) is 2.83. The van der Waals surface area contributed by atoms with Crippen LogP contribution in [0.3, 0.4) is 0 Å². The molecule has 2 aliphatic carbocycles. The third-order valence-corrected chi connectivity index (χ3v) is 6.03. The van der Waals surface area contributed by atoms with Crippen molar-refractivity contribution in [3.8, 4) is 0 Å². The van der Waals surface area contributed by atoms with Gasteiger partial charge in [0.15, 0.2) is 0 Å². The maximum Gasteiger partial charge on any atom is 0.310 e. The van der Waals surface area contributed by atoms with Crippen molar-refractivity contribution in [1.82, 2.24) is 0 Å². The largest absolute Gasteiger partial charge is 0.466 e. The third-order valence-electron chi connectivity index (χ3n) is 5.11. The van der Waals surface area contributed by atoms with E-state index in [0.717, 1.165) is 31.2 Å². The highest BCUT2D eigenvalue weighted by atomic mass is 32.2. The van der Waals surface area contributed by atoms with Crippen LogP contribution in [0.15, 0.2) is 29.2 Å². The van der Waals surface area contributed by atoms with Crippen molar-refractivity contribution in [2.75, 3.05) is 6.61 Å². The van der Waals surface area contributed by atoms with E-state index in [2.05, 4.69) is 0 Å². The summed E-state index contributed by atoms with van der Waals surface area (Å²) in [5, 5.41) is 5.13. The van der Waals surface area contributed by atoms with Crippen LogP contribution in [0.5, 0.6) is 0 Å². The van der Waals surface area contributed by atoms with Crippen LogP contribution in [-0.2, 0) is 19.6 Å². The molecular formula is C16H21NO4S. The molecule has 0 radical (unpaired) electrons. The molecule has 6 heteroatoms. The van der Waals surface area contributed by atoms with Crippen LogP contribution < -0.4 is 5.14 Å². The van der Waals surface area contributed by atoms with Crippen LogP contribution in [0.25, 0.3) is 0 Å². The van der Waals surface area contributed by atoms with Crippen LogP contribution in [0.2, 0.25) is 0 Å². The Kier molecular flexibility index (Phi) is 3.77. The summed E-state index contributed by atoms with van der Waals surface area (Å²) in [7, 11) is -3.68. The van der Waals surface area contributed by atoms with Gasteiger partial charge in [-0.05, 0) is 42.9 Å². The van der Waals surface area contributed by atoms with E-state index in [-0.39, 0.29) is 28.1 Å². The molecule has 22 heavy (non-hydrogen) atoms. The highest BCUT2D eigenvalue weighted by Gasteiger charge is 2.69. The number of hydrogen-bond acceptors (Lipinski definition) is 4. The summed E-state index contributed by atoms with van der Waals surface area (Å²) in [6.07, 6.45) is 4.36. The maximum absolute atomic E-state index is 12.2. The lowest BCUT2D eigenvalue weighted by Gasteiger charge is -2.08. The number of carbonyl (C=O) groups is 1. The van der Waals surface area contributed by atoms with Crippen molar-refractivity contribution in [3.05, 3.63) is 29.8 Å². The molecule has 0 bridgehead atoms. The monoisotopic (exact) mass is 323 g/mol. The molecular weight excluding hydrogens is 302 g/mol. The predicted molar refractivity (Wildman–Crippen MR) is 81.6 cm³/mol. The highest BCUT2D eigenvalue weighted by molar-refractivity contribution is 7.89. The van der Waals surface area contributed by atoms with Crippen LogP contribution in [-0.4, -0.2) is 21.0 Å². The Morgan fingerprint density at radius 3 is 2.36 bits per heavy atom. The van der Waals surface area contributed by atoms with Gasteiger partial charge in [-0.25, -0.2) is 13.6 Å². The number of benzene rings is 1. The smallest absolute Gasteiger partial charge is 0.310 e. The lowest BCUT2D eigenvalue weighted by atomic mass is 9.97. The number of carbonyl (C=O) groups excluding carboxylic acids is 1. The Labute approximate surface area is 130 Å². The van der Waals surface area contributed by atoms with E-state index in [0.29, 0.717) is 6.61 Å². The number of nitrogens with two attached hydrogens (primary N) is 1. The minimum atomic E-state index is -3.68. The maximum atomic E-state index is 12.2. The van der Waals surface area contributed by atoms with Crippen molar-refractivity contribution in [2.45, 2.75) is 43.4 Å². The Morgan fingerprint density at radius 2 is 1.86 bits per heavy atom. The molecule has 0 saturated heterocycles. The standard InChI is InChI=1S/C16H21NO4S/c1-2-21-15(18)14-13(16(14)9-3-4-10-16)11-5-7-12(8-6-11)22(17,19)20/h5-8,13-14H,2-4,9-10H2,1H3,(H2,17,19,20)/t13?,14-/m0/s1. The number of hydrogen-bond donors (Lipinski definition) is 1. The van der Waals surface area contributed by atoms with Crippen molar-refractivity contribution in [3.63, 3.8) is 0 Å². The first-order valence-corrected chi connectivity index (χ1v) is 9.24. The molecule has 2 N–H and O–H groups in total. The molecule has 1 aromatic carbocycles. The number of sulfonamides is 1. The first-order valence-electron chi connectivity index (χ1n) is 7.69. The van der Waals surface area contributed by atoms with Crippen LogP contribution >= 0.6 is 0 Å². The van der Waals surface area contributed by atoms with Crippen LogP contribution in [0.1, 0.15) is 44.1 Å². The first-order chi connectivity index (χ1) is 10.4. The Morgan fingerprint density at radius 1 is 1.27 bits per heavy atom. The van der Waals surface area contributed by atoms with E-state index in [1.807, 2.05) is 6.92 Å². The predicted octanol–water partition coefficient (Wildman–Crippen LogP) is 2.17. The van der Waals surface area contributed by atoms with Gasteiger partial charge in [-0.1, -0.05) is 25.0 Å². The van der Waals surface area contributed by atoms with Crippen LogP contribution in [0, 0.1) is 11.3 Å². The van der Waals surface area contributed by atoms with E-state index in [9.17, 15) is 13.2 Å². The van der Waals surface area contributed by atoms with Gasteiger partial charge in [0, 0.05) is 5.92 Å². The van der Waals surface area contributed by atoms with Crippen molar-refractivity contribution in [2.24, 2.45) is 16.5 Å². The zero-order valence-corrected chi connectivity index (χ0v) is 13.4. The minimum Gasteiger partial charge on any atom is -0.466 e. The van der Waals surface area contributed by atoms with Gasteiger partial charge in [0.1, 0.15) is 0 Å². The fourth-order valence-electron chi connectivity index (χ4n) is 4.14. The second-order valence-electron chi connectivity index (χ2n) is 6.26. The fraction of sp³-hybridized carbons (Fsp3) is 0.562. The van der Waals surface area contributed by atoms with Crippen molar-refractivity contribution < 1.29 is 17.9 Å². The lowest BCUT2D eigenvalue weighted by molar-refractivity contribution is -0.145. The van der Waals surface area contributed by atoms with Gasteiger partial charge >= 0.3 is 5.97 Å². The molecule has 1 spiro atoms. The second-order valence-corrected chi connectivity index (χ2v) is 7.82. The quantitative estimate of drug-likeness (QED) is 0.860. The lowest BCUT2D eigenvalue weighted by Crippen LogP contribution is -2.12. The van der Waals surface area contributed by atoms with Gasteiger partial charge in [-0.3, -0.25) is 4.79 Å². The molecule has 0 aliphatic heterocycles. The number of rotatable bonds is 4. The Hall–Kier alpha value is -1.40. The van der Waals surface area contributed by atoms with Crippen molar-refractivity contribution in [1.29, 1.82) is 0 Å². The number of esters is 1. The molecule has 5 nitrogen and oxygen atoms in total. The van der Waals surface area contributed by atoms with E-state index < -0.39 is 10.0 Å². The summed E-state index contributed by atoms with van der Waals surface area (Å²) in [5.74, 6) is -0.0659. The molecule has 0 aromatic heterocycles. The van der Waals surface area contributed by atoms with E-state index in [1.54, 1.807) is 12.1 Å². The topological polar surface area (TPSA) is 86.5 Å². The zero-order valence-electron chi connectivity index (χ0n) is 12.6. The molecule has 0 amide bonds. The summed E-state index contributed by atoms with van der Waals surface area (Å²) in [6.45, 7) is 2.21. The molecule has 2 aliphatic rings. The van der Waals surface area contributed by atoms with Gasteiger partial charge in [-0.15, -0.1) is 0 Å². The molecule has 0 heterocycles. The molecule has 1 unspecified atom stereocenters. The van der Waals surface area contributed by atoms with Gasteiger partial charge in [0.05, 0.1) is 17.4 Å². The van der Waals surface area contributed by atoms with Crippen LogP contribution in [0.4, 0.5) is 0 Å². The Bertz CT molecular complexity index is 675. The first kappa shape index (κ1) is 15.5. The summed E-state index contributed by atoms with van der Waals surface area (Å²) < 4.78 is 27.9. The molecule has 2 fully saturated rings. The summed E-state index contributed by atoms with van der Waals surface area (Å²) in [4.78, 5) is 12.3. The average molecular weight is 323 g/mol. The molecule has 120 valence electrons. The van der Waals surface area contributed by atoms with E-state index in [4.69, 9.17) is 9.88 Å². The fourth-order valence-corrected chi connectivity index (χ4v) is 4.65. The molecule has 3 rings (SSSR count). The van der Waals surface area contributed by atoms with E-state index in [1.165, 1.54) is 12.1 Å². The summed E-state index contributed by atoms with van der Waals surface area (Å²) >= 11 is 0. The zero-order chi connectivity index (χ0) is 16.0. The molecule has 2 saturated carbocycles. The van der Waals surface area contributed by atoms with Gasteiger partial charge in [-0.2, -0.15) is 0 Å². The highest BCUT2D eigenvalue weighted by Crippen LogP contribution is 2.72. The van der Waals surface area contributed by atoms with Gasteiger partial charge < -0.3 is 4.74 Å². The summed E-state index contributed by atoms with van der Waals surface area (Å²) in [5.41, 5.74) is 1.03. The normalized spacial score (nSPS) is 26.1.